The molecule has 1 heterocycles. The number of carbonyl (C=O) groups excluding carboxylic acids is 2. The molecule has 0 bridgehead atoms. The van der Waals surface area contributed by atoms with Gasteiger partial charge >= 0.3 is 0 Å². The summed E-state index contributed by atoms with van der Waals surface area (Å²) in [4.78, 5) is 28.3. The summed E-state index contributed by atoms with van der Waals surface area (Å²) in [6.07, 6.45) is 3.08. The maximum Gasteiger partial charge on any atom is 0.265 e. The Bertz CT molecular complexity index is 702. The first kappa shape index (κ1) is 17.8. The van der Waals surface area contributed by atoms with Crippen LogP contribution in [0.15, 0.2) is 29.8 Å². The van der Waals surface area contributed by atoms with Gasteiger partial charge in [0.05, 0.1) is 11.6 Å². The standard InChI is InChI=1S/C18H19N3O2S/c1-3-9-20-16(22)15(17(23)21(10-4-2)18(20)24)11-13-5-7-14(12-19)8-6-13/h5-8,11H,3-4,9-10H2,1-2H3. The predicted molar refractivity (Wildman–Crippen MR) is 95.7 cm³/mol. The number of nitriles is 1. The van der Waals surface area contributed by atoms with Crippen molar-refractivity contribution in [3.8, 4) is 6.07 Å². The lowest BCUT2D eigenvalue weighted by Crippen LogP contribution is -2.56. The smallest absolute Gasteiger partial charge is 0.265 e. The third kappa shape index (κ3) is 3.52. The Morgan fingerprint density at radius 1 is 1.04 bits per heavy atom. The minimum Gasteiger partial charge on any atom is -0.285 e. The Balaban J connectivity index is 2.42. The molecular formula is C18H19N3O2S. The van der Waals surface area contributed by atoms with Crippen molar-refractivity contribution in [1.29, 1.82) is 5.26 Å². The minimum atomic E-state index is -0.358. The van der Waals surface area contributed by atoms with Crippen LogP contribution in [-0.2, 0) is 9.59 Å². The highest BCUT2D eigenvalue weighted by molar-refractivity contribution is 7.80. The topological polar surface area (TPSA) is 64.4 Å². The molecule has 0 aromatic heterocycles. The van der Waals surface area contributed by atoms with Gasteiger partial charge in [-0.1, -0.05) is 26.0 Å². The van der Waals surface area contributed by atoms with E-state index in [0.717, 1.165) is 12.8 Å². The number of hydrogen-bond donors (Lipinski definition) is 0. The van der Waals surface area contributed by atoms with Gasteiger partial charge < -0.3 is 0 Å². The van der Waals surface area contributed by atoms with E-state index < -0.39 is 0 Å². The van der Waals surface area contributed by atoms with Crippen LogP contribution in [0.2, 0.25) is 0 Å². The third-order valence-electron chi connectivity index (χ3n) is 3.66. The van der Waals surface area contributed by atoms with Crippen molar-refractivity contribution in [2.45, 2.75) is 26.7 Å². The second kappa shape index (κ2) is 7.84. The summed E-state index contributed by atoms with van der Waals surface area (Å²) in [7, 11) is 0. The van der Waals surface area contributed by atoms with E-state index >= 15 is 0 Å². The second-order valence-corrected chi connectivity index (χ2v) is 5.85. The van der Waals surface area contributed by atoms with Crippen LogP contribution in [0.5, 0.6) is 0 Å². The van der Waals surface area contributed by atoms with Crippen LogP contribution in [0, 0.1) is 11.3 Å². The molecule has 0 aliphatic carbocycles. The molecule has 1 aromatic rings. The first-order valence-corrected chi connectivity index (χ1v) is 8.33. The number of amides is 2. The Hall–Kier alpha value is -2.52. The molecule has 5 nitrogen and oxygen atoms in total. The molecule has 0 spiro atoms. The monoisotopic (exact) mass is 341 g/mol. The van der Waals surface area contributed by atoms with Crippen molar-refractivity contribution in [2.24, 2.45) is 0 Å². The van der Waals surface area contributed by atoms with Crippen molar-refractivity contribution in [2.75, 3.05) is 13.1 Å². The molecule has 1 fully saturated rings. The third-order valence-corrected chi connectivity index (χ3v) is 4.10. The molecule has 0 unspecified atom stereocenters. The molecule has 2 rings (SSSR count). The minimum absolute atomic E-state index is 0.107. The van der Waals surface area contributed by atoms with Crippen LogP contribution < -0.4 is 0 Å². The zero-order valence-electron chi connectivity index (χ0n) is 13.8. The Labute approximate surface area is 147 Å². The molecule has 0 radical (unpaired) electrons. The van der Waals surface area contributed by atoms with Gasteiger partial charge in [0, 0.05) is 13.1 Å². The first-order valence-electron chi connectivity index (χ1n) is 7.93. The van der Waals surface area contributed by atoms with E-state index in [2.05, 4.69) is 0 Å². The number of carbonyl (C=O) groups is 2. The molecule has 0 N–H and O–H groups in total. The average molecular weight is 341 g/mol. The normalized spacial score (nSPS) is 14.9. The van der Waals surface area contributed by atoms with Gasteiger partial charge in [-0.15, -0.1) is 0 Å². The lowest BCUT2D eigenvalue weighted by Gasteiger charge is -2.36. The molecule has 1 aliphatic rings. The lowest BCUT2D eigenvalue weighted by molar-refractivity contribution is -0.133. The number of hydrogen-bond acceptors (Lipinski definition) is 4. The quantitative estimate of drug-likeness (QED) is 0.469. The van der Waals surface area contributed by atoms with E-state index in [1.54, 1.807) is 30.3 Å². The maximum atomic E-state index is 12.7. The Kier molecular flexibility index (Phi) is 5.83. The SMILES string of the molecule is CCCN1C(=O)C(=Cc2ccc(C#N)cc2)C(=O)N(CCC)C1=S. The second-order valence-electron chi connectivity index (χ2n) is 5.49. The zero-order valence-corrected chi connectivity index (χ0v) is 14.6. The van der Waals surface area contributed by atoms with Crippen LogP contribution in [0.25, 0.3) is 6.08 Å². The molecule has 1 aromatic carbocycles. The molecule has 2 amide bonds. The highest BCUT2D eigenvalue weighted by Crippen LogP contribution is 2.21. The molecular weight excluding hydrogens is 322 g/mol. The van der Waals surface area contributed by atoms with Gasteiger partial charge in [-0.05, 0) is 48.8 Å². The van der Waals surface area contributed by atoms with Crippen molar-refractivity contribution >= 4 is 35.2 Å². The summed E-state index contributed by atoms with van der Waals surface area (Å²) in [6.45, 7) is 4.88. The number of benzene rings is 1. The number of nitrogens with zero attached hydrogens (tertiary/aromatic N) is 3. The fourth-order valence-corrected chi connectivity index (χ4v) is 2.84. The van der Waals surface area contributed by atoms with E-state index in [9.17, 15) is 9.59 Å². The van der Waals surface area contributed by atoms with Crippen molar-refractivity contribution in [1.82, 2.24) is 9.80 Å². The van der Waals surface area contributed by atoms with Crippen molar-refractivity contribution in [3.05, 3.63) is 41.0 Å². The van der Waals surface area contributed by atoms with E-state index in [0.29, 0.717) is 24.2 Å². The van der Waals surface area contributed by atoms with E-state index in [-0.39, 0.29) is 22.5 Å². The van der Waals surface area contributed by atoms with Crippen molar-refractivity contribution in [3.63, 3.8) is 0 Å². The van der Waals surface area contributed by atoms with Crippen LogP contribution in [0.4, 0.5) is 0 Å². The molecule has 1 aliphatic heterocycles. The van der Waals surface area contributed by atoms with Crippen LogP contribution in [0.1, 0.15) is 37.8 Å². The number of rotatable bonds is 5. The highest BCUT2D eigenvalue weighted by atomic mass is 32.1. The number of thiocarbonyl (C=S) groups is 1. The van der Waals surface area contributed by atoms with E-state index in [1.165, 1.54) is 9.80 Å². The summed E-state index contributed by atoms with van der Waals surface area (Å²) in [6, 6.07) is 8.78. The average Bonchev–Trinajstić information content (AvgIpc) is 2.60. The lowest BCUT2D eigenvalue weighted by atomic mass is 10.0. The zero-order chi connectivity index (χ0) is 17.7. The summed E-state index contributed by atoms with van der Waals surface area (Å²) >= 11 is 5.33. The summed E-state index contributed by atoms with van der Waals surface area (Å²) < 4.78 is 0. The van der Waals surface area contributed by atoms with Gasteiger partial charge in [-0.3, -0.25) is 19.4 Å². The Morgan fingerprint density at radius 2 is 1.54 bits per heavy atom. The molecule has 1 saturated heterocycles. The highest BCUT2D eigenvalue weighted by Gasteiger charge is 2.38. The van der Waals surface area contributed by atoms with Gasteiger partial charge in [0.1, 0.15) is 5.57 Å². The van der Waals surface area contributed by atoms with Gasteiger partial charge in [-0.2, -0.15) is 5.26 Å². The van der Waals surface area contributed by atoms with Crippen LogP contribution in [-0.4, -0.2) is 39.8 Å². The van der Waals surface area contributed by atoms with Gasteiger partial charge in [0.25, 0.3) is 11.8 Å². The van der Waals surface area contributed by atoms with Gasteiger partial charge in [0.15, 0.2) is 5.11 Å². The molecule has 0 saturated carbocycles. The van der Waals surface area contributed by atoms with E-state index in [4.69, 9.17) is 17.5 Å². The Morgan fingerprint density at radius 3 is 1.96 bits per heavy atom. The largest absolute Gasteiger partial charge is 0.285 e. The summed E-state index contributed by atoms with van der Waals surface area (Å²) in [5.41, 5.74) is 1.33. The first-order chi connectivity index (χ1) is 11.5. The maximum absolute atomic E-state index is 12.7. The fourth-order valence-electron chi connectivity index (χ4n) is 2.49. The molecule has 24 heavy (non-hydrogen) atoms. The molecule has 0 atom stereocenters. The molecule has 124 valence electrons. The fraction of sp³-hybridized carbons (Fsp3) is 0.333. The predicted octanol–water partition coefficient (Wildman–Crippen LogP) is 2.72. The molecule has 6 heteroatoms. The van der Waals surface area contributed by atoms with Crippen molar-refractivity contribution < 1.29 is 9.59 Å². The summed E-state index contributed by atoms with van der Waals surface area (Å²) in [5.74, 6) is -0.716. The van der Waals surface area contributed by atoms with Crippen LogP contribution in [0.3, 0.4) is 0 Å². The van der Waals surface area contributed by atoms with Gasteiger partial charge in [-0.25, -0.2) is 0 Å². The van der Waals surface area contributed by atoms with E-state index in [1.807, 2.05) is 19.9 Å². The van der Waals surface area contributed by atoms with Crippen LogP contribution >= 0.6 is 12.2 Å². The summed E-state index contributed by atoms with van der Waals surface area (Å²) in [5, 5.41) is 9.13. The van der Waals surface area contributed by atoms with Gasteiger partial charge in [0.2, 0.25) is 0 Å².